The minimum absolute atomic E-state index is 1.04. The van der Waals surface area contributed by atoms with Crippen LogP contribution in [0, 0.1) is 11.3 Å². The van der Waals surface area contributed by atoms with Crippen molar-refractivity contribution in [2.45, 2.75) is 12.8 Å². The molecular formula is C6H8N2. The Labute approximate surface area is 48.8 Å². The van der Waals surface area contributed by atoms with Gasteiger partial charge in [0.25, 0.3) is 0 Å². The molecule has 0 aliphatic carbocycles. The van der Waals surface area contributed by atoms with Crippen molar-refractivity contribution in [1.82, 2.24) is 5.32 Å². The van der Waals surface area contributed by atoms with E-state index in [0.717, 1.165) is 18.7 Å². The molecule has 1 heterocycles. The number of nitrogens with one attached hydrogen (secondary N) is 1. The number of rotatable bonds is 0. The normalized spacial score (nSPS) is 22.6. The van der Waals surface area contributed by atoms with Gasteiger partial charge in [-0.2, -0.15) is 5.26 Å². The molecule has 42 valence electrons. The number of hydrogen-bond acceptors (Lipinski definition) is 2. The molecule has 0 radical (unpaired) electrons. The molecule has 1 rings (SSSR count). The van der Waals surface area contributed by atoms with Gasteiger partial charge < -0.3 is 5.32 Å². The molecule has 0 aromatic rings. The summed E-state index contributed by atoms with van der Waals surface area (Å²) in [4.78, 5) is 0. The quantitative estimate of drug-likeness (QED) is 0.465. The van der Waals surface area contributed by atoms with Gasteiger partial charge >= 0.3 is 0 Å². The summed E-state index contributed by atoms with van der Waals surface area (Å²) in [6.07, 6.45) is 3.80. The van der Waals surface area contributed by atoms with Crippen molar-refractivity contribution in [2.75, 3.05) is 6.54 Å². The molecule has 1 aliphatic rings. The predicted octanol–water partition coefficient (Wildman–Crippen LogP) is 0.777. The van der Waals surface area contributed by atoms with Crippen LogP contribution in [0.25, 0.3) is 0 Å². The van der Waals surface area contributed by atoms with Crippen molar-refractivity contribution in [3.05, 3.63) is 11.8 Å². The zero-order chi connectivity index (χ0) is 5.82. The fourth-order valence-corrected chi connectivity index (χ4v) is 0.817. The largest absolute Gasteiger partial charge is 0.388 e. The number of allylic oxidation sites excluding steroid dienone is 2. The van der Waals surface area contributed by atoms with Crippen molar-refractivity contribution in [1.29, 1.82) is 5.26 Å². The van der Waals surface area contributed by atoms with E-state index in [-0.39, 0.29) is 0 Å². The summed E-state index contributed by atoms with van der Waals surface area (Å²) in [6, 6.07) is 1.99. The zero-order valence-electron chi connectivity index (χ0n) is 4.65. The Balaban J connectivity index is 2.48. The van der Waals surface area contributed by atoms with Gasteiger partial charge in [0.05, 0.1) is 6.07 Å². The van der Waals surface area contributed by atoms with Gasteiger partial charge in [-0.15, -0.1) is 0 Å². The van der Waals surface area contributed by atoms with Crippen molar-refractivity contribution in [2.24, 2.45) is 0 Å². The van der Waals surface area contributed by atoms with E-state index in [1.165, 1.54) is 6.42 Å². The van der Waals surface area contributed by atoms with E-state index < -0.39 is 0 Å². The molecule has 2 nitrogen and oxygen atoms in total. The van der Waals surface area contributed by atoms with Gasteiger partial charge in [0.15, 0.2) is 0 Å². The summed E-state index contributed by atoms with van der Waals surface area (Å²) in [5, 5.41) is 11.3. The minimum atomic E-state index is 1.04. The molecule has 1 fully saturated rings. The Kier molecular flexibility index (Phi) is 1.53. The lowest BCUT2D eigenvalue weighted by Crippen LogP contribution is -2.02. The molecule has 0 aromatic heterocycles. The number of hydrogen-bond donors (Lipinski definition) is 1. The Morgan fingerprint density at radius 1 is 1.75 bits per heavy atom. The fourth-order valence-electron chi connectivity index (χ4n) is 0.817. The minimum Gasteiger partial charge on any atom is -0.388 e. The second-order valence-corrected chi connectivity index (χ2v) is 1.83. The Morgan fingerprint density at radius 3 is 3.12 bits per heavy atom. The fraction of sp³-hybridized carbons (Fsp3) is 0.500. The third-order valence-corrected chi connectivity index (χ3v) is 1.21. The zero-order valence-corrected chi connectivity index (χ0v) is 4.65. The highest BCUT2D eigenvalue weighted by atomic mass is 14.9. The summed E-state index contributed by atoms with van der Waals surface area (Å²) in [5.74, 6) is 0. The van der Waals surface area contributed by atoms with Crippen LogP contribution in [0.15, 0.2) is 11.8 Å². The molecule has 0 amide bonds. The second kappa shape index (κ2) is 2.37. The molecule has 0 unspecified atom stereocenters. The number of nitrogens with zero attached hydrogens (tertiary/aromatic N) is 1. The van der Waals surface area contributed by atoms with Crippen LogP contribution in [-0.2, 0) is 0 Å². The van der Waals surface area contributed by atoms with Crippen LogP contribution in [0.1, 0.15) is 12.8 Å². The van der Waals surface area contributed by atoms with E-state index in [1.807, 2.05) is 6.07 Å². The topological polar surface area (TPSA) is 35.8 Å². The average Bonchev–Trinajstić information content (AvgIpc) is 2.19. The molecule has 0 bridgehead atoms. The van der Waals surface area contributed by atoms with Gasteiger partial charge in [-0.25, -0.2) is 0 Å². The highest BCUT2D eigenvalue weighted by Crippen LogP contribution is 2.06. The average molecular weight is 108 g/mol. The van der Waals surface area contributed by atoms with Gasteiger partial charge in [-0.1, -0.05) is 0 Å². The molecule has 0 saturated carbocycles. The lowest BCUT2D eigenvalue weighted by molar-refractivity contribution is 0.903. The van der Waals surface area contributed by atoms with Gasteiger partial charge in [-0.05, 0) is 12.8 Å². The van der Waals surface area contributed by atoms with Crippen molar-refractivity contribution >= 4 is 0 Å². The lowest BCUT2D eigenvalue weighted by Gasteiger charge is -1.89. The van der Waals surface area contributed by atoms with Gasteiger partial charge in [-0.3, -0.25) is 0 Å². The van der Waals surface area contributed by atoms with Crippen LogP contribution in [0.2, 0.25) is 0 Å². The van der Waals surface area contributed by atoms with Crippen LogP contribution >= 0.6 is 0 Å². The van der Waals surface area contributed by atoms with E-state index in [4.69, 9.17) is 5.26 Å². The summed E-state index contributed by atoms with van der Waals surface area (Å²) in [5.41, 5.74) is 1.09. The predicted molar refractivity (Wildman–Crippen MR) is 30.9 cm³/mol. The molecule has 2 heteroatoms. The SMILES string of the molecule is N#C/C=C1/CCCN1. The van der Waals surface area contributed by atoms with Gasteiger partial charge in [0.2, 0.25) is 0 Å². The number of nitriles is 1. The lowest BCUT2D eigenvalue weighted by atomic mass is 10.3. The first-order valence-electron chi connectivity index (χ1n) is 2.76. The molecule has 1 saturated heterocycles. The standard InChI is InChI=1S/C6H8N2/c7-4-3-6-2-1-5-8-6/h3,8H,1-2,5H2/b6-3-. The maximum atomic E-state index is 8.16. The van der Waals surface area contributed by atoms with Crippen LogP contribution in [0.3, 0.4) is 0 Å². The first-order chi connectivity index (χ1) is 3.93. The Hall–Kier alpha value is -0.970. The van der Waals surface area contributed by atoms with Crippen LogP contribution in [0.4, 0.5) is 0 Å². The van der Waals surface area contributed by atoms with E-state index in [1.54, 1.807) is 6.08 Å². The maximum Gasteiger partial charge on any atom is 0.0930 e. The van der Waals surface area contributed by atoms with Crippen LogP contribution in [0.5, 0.6) is 0 Å². The van der Waals surface area contributed by atoms with E-state index in [2.05, 4.69) is 5.32 Å². The van der Waals surface area contributed by atoms with E-state index in [0.29, 0.717) is 0 Å². The Bertz CT molecular complexity index is 133. The highest BCUT2D eigenvalue weighted by Gasteiger charge is 2.02. The first-order valence-corrected chi connectivity index (χ1v) is 2.76. The summed E-state index contributed by atoms with van der Waals surface area (Å²) in [6.45, 7) is 1.04. The molecular weight excluding hydrogens is 100 g/mol. The summed E-state index contributed by atoms with van der Waals surface area (Å²) >= 11 is 0. The van der Waals surface area contributed by atoms with Crippen molar-refractivity contribution in [3.8, 4) is 6.07 Å². The molecule has 0 aromatic carbocycles. The molecule has 0 atom stereocenters. The van der Waals surface area contributed by atoms with Crippen molar-refractivity contribution in [3.63, 3.8) is 0 Å². The van der Waals surface area contributed by atoms with Crippen molar-refractivity contribution < 1.29 is 0 Å². The van der Waals surface area contributed by atoms with E-state index in [9.17, 15) is 0 Å². The molecule has 1 N–H and O–H groups in total. The maximum absolute atomic E-state index is 8.16. The van der Waals surface area contributed by atoms with Gasteiger partial charge in [0, 0.05) is 18.3 Å². The van der Waals surface area contributed by atoms with Crippen LogP contribution < -0.4 is 5.32 Å². The smallest absolute Gasteiger partial charge is 0.0930 e. The molecule has 1 aliphatic heterocycles. The third-order valence-electron chi connectivity index (χ3n) is 1.21. The molecule has 8 heavy (non-hydrogen) atoms. The van der Waals surface area contributed by atoms with Crippen LogP contribution in [-0.4, -0.2) is 6.54 Å². The summed E-state index contributed by atoms with van der Waals surface area (Å²) < 4.78 is 0. The van der Waals surface area contributed by atoms with Gasteiger partial charge in [0.1, 0.15) is 0 Å². The molecule has 0 spiro atoms. The second-order valence-electron chi connectivity index (χ2n) is 1.83. The van der Waals surface area contributed by atoms with E-state index >= 15 is 0 Å². The monoisotopic (exact) mass is 108 g/mol. The highest BCUT2D eigenvalue weighted by molar-refractivity contribution is 5.13. The Morgan fingerprint density at radius 2 is 2.62 bits per heavy atom. The first kappa shape index (κ1) is 5.17. The third kappa shape index (κ3) is 1.00. The summed E-state index contributed by atoms with van der Waals surface area (Å²) in [7, 11) is 0.